The van der Waals surface area contributed by atoms with Crippen LogP contribution in [0, 0.1) is 0 Å². The molecule has 5 heteroatoms. The quantitative estimate of drug-likeness (QED) is 0.787. The molecule has 0 saturated carbocycles. The second kappa shape index (κ2) is 5.18. The largest absolute Gasteiger partial charge is 0.399 e. The molecule has 0 bridgehead atoms. The van der Waals surface area contributed by atoms with Gasteiger partial charge in [-0.15, -0.1) is 0 Å². The van der Waals surface area contributed by atoms with E-state index in [0.717, 1.165) is 0 Å². The van der Waals surface area contributed by atoms with Crippen molar-refractivity contribution in [3.05, 3.63) is 28.8 Å². The number of benzene rings is 1. The summed E-state index contributed by atoms with van der Waals surface area (Å²) < 4.78 is 0. The van der Waals surface area contributed by atoms with Crippen LogP contribution >= 0.6 is 11.6 Å². The van der Waals surface area contributed by atoms with Gasteiger partial charge in [0.2, 0.25) is 0 Å². The van der Waals surface area contributed by atoms with Crippen LogP contribution in [-0.4, -0.2) is 35.6 Å². The highest BCUT2D eigenvalue weighted by Crippen LogP contribution is 2.20. The summed E-state index contributed by atoms with van der Waals surface area (Å²) in [4.78, 5) is 13.3. The minimum atomic E-state index is -0.575. The SMILES string of the molecule is CC(O)CN(C)C(=O)c1cc(N)ccc1Cl. The predicted molar refractivity (Wildman–Crippen MR) is 64.5 cm³/mol. The molecule has 88 valence electrons. The van der Waals surface area contributed by atoms with E-state index in [1.165, 1.54) is 11.0 Å². The standard InChI is InChI=1S/C11H15ClN2O2/c1-7(15)6-14(2)11(16)9-5-8(13)3-4-10(9)12/h3-5,7,15H,6,13H2,1-2H3. The van der Waals surface area contributed by atoms with Crippen LogP contribution in [-0.2, 0) is 0 Å². The highest BCUT2D eigenvalue weighted by molar-refractivity contribution is 6.33. The molecule has 4 nitrogen and oxygen atoms in total. The predicted octanol–water partition coefficient (Wildman–Crippen LogP) is 1.37. The molecule has 1 rings (SSSR count). The first kappa shape index (κ1) is 12.8. The van der Waals surface area contributed by atoms with Gasteiger partial charge in [-0.25, -0.2) is 0 Å². The van der Waals surface area contributed by atoms with Crippen molar-refractivity contribution in [2.75, 3.05) is 19.3 Å². The van der Waals surface area contributed by atoms with Gasteiger partial charge in [0.25, 0.3) is 5.91 Å². The number of hydrogen-bond acceptors (Lipinski definition) is 3. The minimum Gasteiger partial charge on any atom is -0.399 e. The number of carbonyl (C=O) groups is 1. The number of likely N-dealkylation sites (N-methyl/N-ethyl adjacent to an activating group) is 1. The average molecular weight is 243 g/mol. The van der Waals surface area contributed by atoms with E-state index in [1.54, 1.807) is 26.1 Å². The van der Waals surface area contributed by atoms with Gasteiger partial charge in [0.15, 0.2) is 0 Å². The van der Waals surface area contributed by atoms with Crippen molar-refractivity contribution in [2.45, 2.75) is 13.0 Å². The molecular weight excluding hydrogens is 228 g/mol. The third-order valence-electron chi connectivity index (χ3n) is 2.11. The summed E-state index contributed by atoms with van der Waals surface area (Å²) in [5.74, 6) is -0.252. The van der Waals surface area contributed by atoms with Crippen LogP contribution in [0.3, 0.4) is 0 Å². The van der Waals surface area contributed by atoms with Gasteiger partial charge >= 0.3 is 0 Å². The van der Waals surface area contributed by atoms with Crippen LogP contribution in [0.4, 0.5) is 5.69 Å². The average Bonchev–Trinajstić information content (AvgIpc) is 2.19. The molecule has 0 spiro atoms. The summed E-state index contributed by atoms with van der Waals surface area (Å²) in [5, 5.41) is 9.55. The van der Waals surface area contributed by atoms with Crippen molar-refractivity contribution in [2.24, 2.45) is 0 Å². The van der Waals surface area contributed by atoms with Crippen molar-refractivity contribution in [3.8, 4) is 0 Å². The monoisotopic (exact) mass is 242 g/mol. The maximum absolute atomic E-state index is 11.9. The third-order valence-corrected chi connectivity index (χ3v) is 2.44. The Balaban J connectivity index is 2.91. The number of nitrogens with two attached hydrogens (primary N) is 1. The molecule has 0 aliphatic rings. The van der Waals surface area contributed by atoms with Gasteiger partial charge in [0, 0.05) is 19.3 Å². The van der Waals surface area contributed by atoms with Crippen molar-refractivity contribution in [1.82, 2.24) is 4.90 Å². The van der Waals surface area contributed by atoms with Gasteiger partial charge in [-0.1, -0.05) is 11.6 Å². The van der Waals surface area contributed by atoms with Crippen molar-refractivity contribution in [3.63, 3.8) is 0 Å². The fourth-order valence-electron chi connectivity index (χ4n) is 1.39. The summed E-state index contributed by atoms with van der Waals surface area (Å²) in [5.41, 5.74) is 6.42. The lowest BCUT2D eigenvalue weighted by Gasteiger charge is -2.19. The van der Waals surface area contributed by atoms with E-state index >= 15 is 0 Å². The summed E-state index contributed by atoms with van der Waals surface area (Å²) >= 11 is 5.91. The fourth-order valence-corrected chi connectivity index (χ4v) is 1.59. The maximum atomic E-state index is 11.9. The fraction of sp³-hybridized carbons (Fsp3) is 0.364. The Bertz CT molecular complexity index is 394. The molecule has 1 aromatic carbocycles. The Morgan fingerprint density at radius 3 is 2.81 bits per heavy atom. The molecule has 0 saturated heterocycles. The molecule has 16 heavy (non-hydrogen) atoms. The molecule has 0 fully saturated rings. The van der Waals surface area contributed by atoms with E-state index in [4.69, 9.17) is 17.3 Å². The summed E-state index contributed by atoms with van der Waals surface area (Å²) in [6.07, 6.45) is -0.575. The normalized spacial score (nSPS) is 12.2. The van der Waals surface area contributed by atoms with Crippen molar-refractivity contribution < 1.29 is 9.90 Å². The van der Waals surface area contributed by atoms with Gasteiger partial charge in [-0.05, 0) is 25.1 Å². The van der Waals surface area contributed by atoms with Gasteiger partial charge in [0.1, 0.15) is 0 Å². The van der Waals surface area contributed by atoms with E-state index in [-0.39, 0.29) is 12.5 Å². The Morgan fingerprint density at radius 1 is 1.62 bits per heavy atom. The highest BCUT2D eigenvalue weighted by atomic mass is 35.5. The number of nitrogens with zero attached hydrogens (tertiary/aromatic N) is 1. The molecule has 0 heterocycles. The van der Waals surface area contributed by atoms with Crippen molar-refractivity contribution in [1.29, 1.82) is 0 Å². The summed E-state index contributed by atoms with van der Waals surface area (Å²) in [6.45, 7) is 1.87. The number of aliphatic hydroxyl groups is 1. The number of carbonyl (C=O) groups excluding carboxylic acids is 1. The molecule has 1 atom stereocenters. The Labute approximate surface area is 99.6 Å². The Hall–Kier alpha value is -1.26. The summed E-state index contributed by atoms with van der Waals surface area (Å²) in [6, 6.07) is 4.75. The maximum Gasteiger partial charge on any atom is 0.255 e. The topological polar surface area (TPSA) is 66.6 Å². The zero-order chi connectivity index (χ0) is 12.3. The Morgan fingerprint density at radius 2 is 2.25 bits per heavy atom. The van der Waals surface area contributed by atoms with E-state index in [1.807, 2.05) is 0 Å². The van der Waals surface area contributed by atoms with Gasteiger partial charge < -0.3 is 15.7 Å². The van der Waals surface area contributed by atoms with Crippen LogP contribution in [0.25, 0.3) is 0 Å². The number of hydrogen-bond donors (Lipinski definition) is 2. The highest BCUT2D eigenvalue weighted by Gasteiger charge is 2.16. The number of halogens is 1. The molecule has 0 aromatic heterocycles. The first-order valence-corrected chi connectivity index (χ1v) is 5.28. The van der Waals surface area contributed by atoms with Gasteiger partial charge in [-0.2, -0.15) is 0 Å². The minimum absolute atomic E-state index is 0.252. The van der Waals surface area contributed by atoms with Gasteiger partial charge in [-0.3, -0.25) is 4.79 Å². The van der Waals surface area contributed by atoms with Crippen LogP contribution < -0.4 is 5.73 Å². The zero-order valence-electron chi connectivity index (χ0n) is 9.27. The smallest absolute Gasteiger partial charge is 0.255 e. The molecule has 0 aliphatic carbocycles. The zero-order valence-corrected chi connectivity index (χ0v) is 10.0. The lowest BCUT2D eigenvalue weighted by molar-refractivity contribution is 0.0704. The molecule has 1 amide bonds. The first-order valence-electron chi connectivity index (χ1n) is 4.90. The van der Waals surface area contributed by atoms with Crippen LogP contribution in [0.5, 0.6) is 0 Å². The van der Waals surface area contributed by atoms with Crippen LogP contribution in [0.2, 0.25) is 5.02 Å². The number of amides is 1. The number of nitrogen functional groups attached to an aromatic ring is 1. The molecule has 0 radical (unpaired) electrons. The number of anilines is 1. The number of aliphatic hydroxyl groups excluding tert-OH is 1. The van der Waals surface area contributed by atoms with E-state index in [0.29, 0.717) is 16.3 Å². The third kappa shape index (κ3) is 3.12. The first-order chi connectivity index (χ1) is 7.41. The van der Waals surface area contributed by atoms with Crippen molar-refractivity contribution >= 4 is 23.2 Å². The second-order valence-electron chi connectivity index (χ2n) is 3.77. The van der Waals surface area contributed by atoms with E-state index in [9.17, 15) is 9.90 Å². The Kier molecular flexibility index (Phi) is 4.15. The van der Waals surface area contributed by atoms with Gasteiger partial charge in [0.05, 0.1) is 16.7 Å². The van der Waals surface area contributed by atoms with E-state index in [2.05, 4.69) is 0 Å². The van der Waals surface area contributed by atoms with E-state index < -0.39 is 6.10 Å². The molecule has 3 N–H and O–H groups in total. The molecule has 1 unspecified atom stereocenters. The number of rotatable bonds is 3. The summed E-state index contributed by atoms with van der Waals surface area (Å²) in [7, 11) is 1.61. The second-order valence-corrected chi connectivity index (χ2v) is 4.18. The molecular formula is C11H15ClN2O2. The van der Waals surface area contributed by atoms with Crippen LogP contribution in [0.1, 0.15) is 17.3 Å². The molecule has 1 aromatic rings. The lowest BCUT2D eigenvalue weighted by atomic mass is 10.1. The lowest BCUT2D eigenvalue weighted by Crippen LogP contribution is -2.33. The van der Waals surface area contributed by atoms with Crippen LogP contribution in [0.15, 0.2) is 18.2 Å². The molecule has 0 aliphatic heterocycles.